The minimum atomic E-state index is 0.115. The largest absolute Gasteiger partial charge is 0.409 e. The fraction of sp³-hybridized carbons (Fsp3) is 0.0714. The number of benzene rings is 2. The van der Waals surface area contributed by atoms with Crippen LogP contribution < -0.4 is 10.6 Å². The number of rotatable bonds is 3. The van der Waals surface area contributed by atoms with Gasteiger partial charge in [-0.3, -0.25) is 0 Å². The minimum Gasteiger partial charge on any atom is -0.409 e. The van der Waals surface area contributed by atoms with E-state index in [2.05, 4.69) is 10.1 Å². The van der Waals surface area contributed by atoms with Crippen molar-refractivity contribution in [2.24, 2.45) is 10.9 Å². The number of nitrogens with zero attached hydrogens (tertiary/aromatic N) is 2. The van der Waals surface area contributed by atoms with Crippen LogP contribution >= 0.6 is 0 Å². The Hall–Kier alpha value is -2.49. The maximum absolute atomic E-state index is 8.60. The van der Waals surface area contributed by atoms with Crippen molar-refractivity contribution in [3.63, 3.8) is 0 Å². The number of anilines is 2. The molecule has 0 bridgehead atoms. The maximum Gasteiger partial charge on any atom is 0.170 e. The summed E-state index contributed by atoms with van der Waals surface area (Å²) in [5.41, 5.74) is 8.36. The molecule has 0 aliphatic heterocycles. The van der Waals surface area contributed by atoms with Crippen LogP contribution in [0.5, 0.6) is 0 Å². The normalized spacial score (nSPS) is 11.3. The molecule has 2 aromatic rings. The Balaban J connectivity index is 2.25. The summed E-state index contributed by atoms with van der Waals surface area (Å²) in [6.07, 6.45) is 0. The molecule has 0 atom stereocenters. The fourth-order valence-corrected chi connectivity index (χ4v) is 1.71. The standard InChI is InChI=1S/C14H15N3O/c1-17(12-5-3-2-4-6-12)13-9-7-11(8-10-13)14(15)16-18/h2-10,18H,1H3,(H2,15,16). The molecule has 4 heteroatoms. The van der Waals surface area contributed by atoms with Crippen LogP contribution in [-0.4, -0.2) is 18.1 Å². The van der Waals surface area contributed by atoms with Gasteiger partial charge in [0.1, 0.15) is 0 Å². The van der Waals surface area contributed by atoms with Crippen molar-refractivity contribution in [3.8, 4) is 0 Å². The van der Waals surface area contributed by atoms with E-state index >= 15 is 0 Å². The molecule has 0 heterocycles. The van der Waals surface area contributed by atoms with Crippen LogP contribution in [0.15, 0.2) is 59.8 Å². The molecule has 18 heavy (non-hydrogen) atoms. The van der Waals surface area contributed by atoms with Crippen molar-refractivity contribution < 1.29 is 5.21 Å². The summed E-state index contributed by atoms with van der Waals surface area (Å²) in [4.78, 5) is 2.07. The third-order valence-electron chi connectivity index (χ3n) is 2.80. The van der Waals surface area contributed by atoms with Gasteiger partial charge in [-0.2, -0.15) is 0 Å². The average molecular weight is 241 g/mol. The van der Waals surface area contributed by atoms with Crippen LogP contribution in [0.2, 0.25) is 0 Å². The van der Waals surface area contributed by atoms with E-state index in [1.165, 1.54) is 0 Å². The summed E-state index contributed by atoms with van der Waals surface area (Å²) in [5.74, 6) is 0.115. The first-order valence-corrected chi connectivity index (χ1v) is 5.59. The zero-order valence-electron chi connectivity index (χ0n) is 10.1. The van der Waals surface area contributed by atoms with Crippen LogP contribution in [-0.2, 0) is 0 Å². The van der Waals surface area contributed by atoms with Gasteiger partial charge in [-0.25, -0.2) is 0 Å². The fourth-order valence-electron chi connectivity index (χ4n) is 1.71. The van der Waals surface area contributed by atoms with Gasteiger partial charge in [-0.15, -0.1) is 0 Å². The van der Waals surface area contributed by atoms with E-state index in [-0.39, 0.29) is 5.84 Å². The van der Waals surface area contributed by atoms with E-state index in [1.807, 2.05) is 61.6 Å². The second kappa shape index (κ2) is 5.23. The molecule has 4 nitrogen and oxygen atoms in total. The highest BCUT2D eigenvalue weighted by Crippen LogP contribution is 2.23. The van der Waals surface area contributed by atoms with E-state index in [0.717, 1.165) is 11.4 Å². The molecule has 0 spiro atoms. The predicted molar refractivity (Wildman–Crippen MR) is 73.5 cm³/mol. The Morgan fingerprint density at radius 2 is 1.56 bits per heavy atom. The van der Waals surface area contributed by atoms with Crippen LogP contribution in [0.25, 0.3) is 0 Å². The van der Waals surface area contributed by atoms with Gasteiger partial charge in [0.2, 0.25) is 0 Å². The van der Waals surface area contributed by atoms with Gasteiger partial charge >= 0.3 is 0 Å². The van der Waals surface area contributed by atoms with Gasteiger partial charge in [0.05, 0.1) is 0 Å². The molecule has 3 N–H and O–H groups in total. The predicted octanol–water partition coefficient (Wildman–Crippen LogP) is 2.55. The highest BCUT2D eigenvalue weighted by Gasteiger charge is 2.04. The lowest BCUT2D eigenvalue weighted by Gasteiger charge is -2.19. The molecule has 0 amide bonds. The van der Waals surface area contributed by atoms with Crippen molar-refractivity contribution in [1.82, 2.24) is 0 Å². The highest BCUT2D eigenvalue weighted by molar-refractivity contribution is 5.97. The van der Waals surface area contributed by atoms with Crippen molar-refractivity contribution in [1.29, 1.82) is 0 Å². The average Bonchev–Trinajstić information content (AvgIpc) is 2.47. The van der Waals surface area contributed by atoms with Gasteiger partial charge in [0, 0.05) is 24.0 Å². The molecular weight excluding hydrogens is 226 g/mol. The highest BCUT2D eigenvalue weighted by atomic mass is 16.4. The molecule has 0 aliphatic carbocycles. The third kappa shape index (κ3) is 2.43. The van der Waals surface area contributed by atoms with Crippen molar-refractivity contribution in [3.05, 3.63) is 60.2 Å². The number of amidine groups is 1. The molecule has 2 aromatic carbocycles. The van der Waals surface area contributed by atoms with E-state index in [0.29, 0.717) is 5.56 Å². The van der Waals surface area contributed by atoms with Gasteiger partial charge < -0.3 is 15.8 Å². The monoisotopic (exact) mass is 241 g/mol. The second-order valence-electron chi connectivity index (χ2n) is 3.93. The number of oxime groups is 1. The van der Waals surface area contributed by atoms with Gasteiger partial charge in [-0.05, 0) is 36.4 Å². The zero-order valence-corrected chi connectivity index (χ0v) is 10.1. The SMILES string of the molecule is CN(c1ccccc1)c1ccc(/C(N)=N/O)cc1. The number of para-hydroxylation sites is 1. The Bertz CT molecular complexity index is 535. The van der Waals surface area contributed by atoms with Crippen LogP contribution in [0.4, 0.5) is 11.4 Å². The molecule has 92 valence electrons. The second-order valence-corrected chi connectivity index (χ2v) is 3.93. The van der Waals surface area contributed by atoms with E-state index in [9.17, 15) is 0 Å². The van der Waals surface area contributed by atoms with E-state index in [1.54, 1.807) is 0 Å². The lowest BCUT2D eigenvalue weighted by molar-refractivity contribution is 0.318. The Morgan fingerprint density at radius 1 is 1.00 bits per heavy atom. The van der Waals surface area contributed by atoms with Crippen LogP contribution in [0.3, 0.4) is 0 Å². The summed E-state index contributed by atoms with van der Waals surface area (Å²) in [5, 5.41) is 11.6. The quantitative estimate of drug-likeness (QED) is 0.376. The summed E-state index contributed by atoms with van der Waals surface area (Å²) >= 11 is 0. The lowest BCUT2D eigenvalue weighted by Crippen LogP contribution is -2.14. The van der Waals surface area contributed by atoms with Gasteiger partial charge in [-0.1, -0.05) is 23.4 Å². The molecule has 0 saturated heterocycles. The maximum atomic E-state index is 8.60. The van der Waals surface area contributed by atoms with Gasteiger partial charge in [0.25, 0.3) is 0 Å². The van der Waals surface area contributed by atoms with Crippen LogP contribution in [0, 0.1) is 0 Å². The Kier molecular flexibility index (Phi) is 3.48. The number of hydrogen-bond acceptors (Lipinski definition) is 3. The summed E-state index contributed by atoms with van der Waals surface area (Å²) in [7, 11) is 1.99. The third-order valence-corrected chi connectivity index (χ3v) is 2.80. The summed E-state index contributed by atoms with van der Waals surface area (Å²) < 4.78 is 0. The van der Waals surface area contributed by atoms with E-state index < -0.39 is 0 Å². The molecule has 0 aromatic heterocycles. The summed E-state index contributed by atoms with van der Waals surface area (Å²) in [6, 6.07) is 17.6. The number of nitrogens with two attached hydrogens (primary N) is 1. The Labute approximate surface area is 106 Å². The molecule has 0 unspecified atom stereocenters. The van der Waals surface area contributed by atoms with Crippen LogP contribution in [0.1, 0.15) is 5.56 Å². The molecule has 0 aliphatic rings. The topological polar surface area (TPSA) is 61.8 Å². The first kappa shape index (κ1) is 12.0. The smallest absolute Gasteiger partial charge is 0.170 e. The molecule has 0 fully saturated rings. The molecular formula is C14H15N3O. The summed E-state index contributed by atoms with van der Waals surface area (Å²) in [6.45, 7) is 0. The lowest BCUT2D eigenvalue weighted by atomic mass is 10.1. The minimum absolute atomic E-state index is 0.115. The molecule has 0 radical (unpaired) electrons. The Morgan fingerprint density at radius 3 is 2.11 bits per heavy atom. The van der Waals surface area contributed by atoms with Gasteiger partial charge in [0.15, 0.2) is 5.84 Å². The van der Waals surface area contributed by atoms with Crippen molar-refractivity contribution in [2.75, 3.05) is 11.9 Å². The van der Waals surface area contributed by atoms with Crippen molar-refractivity contribution >= 4 is 17.2 Å². The van der Waals surface area contributed by atoms with E-state index in [4.69, 9.17) is 10.9 Å². The number of hydrogen-bond donors (Lipinski definition) is 2. The van der Waals surface area contributed by atoms with Crippen molar-refractivity contribution in [2.45, 2.75) is 0 Å². The molecule has 2 rings (SSSR count). The first-order valence-electron chi connectivity index (χ1n) is 5.59. The zero-order chi connectivity index (χ0) is 13.0. The first-order chi connectivity index (χ1) is 8.72. The molecule has 0 saturated carbocycles.